The summed E-state index contributed by atoms with van der Waals surface area (Å²) in [6.45, 7) is 3.98. The van der Waals surface area contributed by atoms with Crippen molar-refractivity contribution >= 4 is 0 Å². The molecule has 1 saturated heterocycles. The van der Waals surface area contributed by atoms with Crippen molar-refractivity contribution in [1.82, 2.24) is 0 Å². The largest absolute Gasteiger partial charge is 0.366 e. The van der Waals surface area contributed by atoms with E-state index in [1.165, 1.54) is 19.3 Å². The minimum Gasteiger partial charge on any atom is -0.366 e. The monoisotopic (exact) mass is 137 g/mol. The predicted molar refractivity (Wildman–Crippen MR) is 38.4 cm³/mol. The quantitative estimate of drug-likeness (QED) is 0.502. The van der Waals surface area contributed by atoms with Crippen LogP contribution >= 0.6 is 0 Å². The summed E-state index contributed by atoms with van der Waals surface area (Å²) in [5, 5.41) is 0. The molecule has 1 nitrogen and oxygen atoms in total. The van der Waals surface area contributed by atoms with Gasteiger partial charge in [0.05, 0.1) is 11.7 Å². The lowest BCUT2D eigenvalue weighted by Crippen LogP contribution is -2.16. The van der Waals surface area contributed by atoms with Crippen LogP contribution in [0.15, 0.2) is 0 Å². The van der Waals surface area contributed by atoms with Crippen LogP contribution in [-0.4, -0.2) is 11.7 Å². The molecule has 0 aromatic heterocycles. The number of epoxide rings is 1. The van der Waals surface area contributed by atoms with Gasteiger partial charge in [0.1, 0.15) is 0 Å². The molecular weight excluding hydrogens is 124 g/mol. The molecule has 0 aromatic carbocycles. The molecule has 0 aromatic rings. The maximum Gasteiger partial charge on any atom is 0.0954 e. The third kappa shape index (κ3) is 0.430. The maximum absolute atomic E-state index is 5.69. The van der Waals surface area contributed by atoms with Gasteiger partial charge in [-0.25, -0.2) is 0 Å². The first-order valence-corrected chi connectivity index (χ1v) is 4.33. The van der Waals surface area contributed by atoms with E-state index < -0.39 is 0 Å². The fourth-order valence-corrected chi connectivity index (χ4v) is 3.14. The average Bonchev–Trinajstić information content (AvgIpc) is 2.36. The van der Waals surface area contributed by atoms with Crippen molar-refractivity contribution in [1.29, 1.82) is 0 Å². The van der Waals surface area contributed by atoms with Gasteiger partial charge in [0.25, 0.3) is 0 Å². The second-order valence-electron chi connectivity index (χ2n) is 4.06. The molecular formula is C9H13O. The Balaban J connectivity index is 1.92. The van der Waals surface area contributed by atoms with Crippen LogP contribution in [0.4, 0.5) is 0 Å². The van der Waals surface area contributed by atoms with E-state index in [1.807, 2.05) is 0 Å². The molecule has 1 spiro atoms. The Morgan fingerprint density at radius 2 is 2.50 bits per heavy atom. The van der Waals surface area contributed by atoms with Crippen LogP contribution in [0, 0.1) is 18.8 Å². The Morgan fingerprint density at radius 1 is 1.60 bits per heavy atom. The zero-order valence-corrected chi connectivity index (χ0v) is 6.18. The molecule has 1 heterocycles. The Kier molecular flexibility index (Phi) is 0.797. The van der Waals surface area contributed by atoms with Gasteiger partial charge in [-0.3, -0.25) is 0 Å². The van der Waals surface area contributed by atoms with E-state index >= 15 is 0 Å². The summed E-state index contributed by atoms with van der Waals surface area (Å²) in [7, 11) is 0. The van der Waals surface area contributed by atoms with E-state index in [2.05, 4.69) is 6.92 Å². The zero-order chi connectivity index (χ0) is 6.77. The van der Waals surface area contributed by atoms with Crippen molar-refractivity contribution in [3.8, 4) is 0 Å². The van der Waals surface area contributed by atoms with Crippen molar-refractivity contribution in [2.45, 2.75) is 37.4 Å². The molecule has 3 fully saturated rings. The molecule has 1 heteroatoms. The summed E-state index contributed by atoms with van der Waals surface area (Å²) in [4.78, 5) is 0. The lowest BCUT2D eigenvalue weighted by atomic mass is 9.87. The highest BCUT2D eigenvalue weighted by atomic mass is 16.6. The van der Waals surface area contributed by atoms with Gasteiger partial charge in [-0.2, -0.15) is 0 Å². The summed E-state index contributed by atoms with van der Waals surface area (Å²) < 4.78 is 5.69. The number of hydrogen-bond acceptors (Lipinski definition) is 1. The number of rotatable bonds is 1. The minimum absolute atomic E-state index is 0.410. The molecule has 4 atom stereocenters. The van der Waals surface area contributed by atoms with Crippen molar-refractivity contribution < 1.29 is 4.74 Å². The molecule has 2 bridgehead atoms. The van der Waals surface area contributed by atoms with E-state index in [-0.39, 0.29) is 0 Å². The summed E-state index contributed by atoms with van der Waals surface area (Å²) in [5.41, 5.74) is 0.410. The predicted octanol–water partition coefficient (Wildman–Crippen LogP) is 1.78. The van der Waals surface area contributed by atoms with Crippen LogP contribution < -0.4 is 0 Å². The molecule has 2 saturated carbocycles. The first-order chi connectivity index (χ1) is 4.86. The molecule has 0 amide bonds. The van der Waals surface area contributed by atoms with Gasteiger partial charge in [0, 0.05) is 0 Å². The zero-order valence-electron chi connectivity index (χ0n) is 6.18. The van der Waals surface area contributed by atoms with Gasteiger partial charge in [0.15, 0.2) is 0 Å². The highest BCUT2D eigenvalue weighted by Gasteiger charge is 2.69. The molecule has 1 radical (unpaired) electrons. The molecule has 4 unspecified atom stereocenters. The Morgan fingerprint density at radius 3 is 3.00 bits per heavy atom. The van der Waals surface area contributed by atoms with Crippen LogP contribution in [0.25, 0.3) is 0 Å². The summed E-state index contributed by atoms with van der Waals surface area (Å²) >= 11 is 0. The third-order valence-corrected chi connectivity index (χ3v) is 3.70. The van der Waals surface area contributed by atoms with Crippen molar-refractivity contribution in [3.05, 3.63) is 6.92 Å². The first-order valence-electron chi connectivity index (χ1n) is 4.33. The van der Waals surface area contributed by atoms with Crippen molar-refractivity contribution in [2.24, 2.45) is 11.8 Å². The highest BCUT2D eigenvalue weighted by Crippen LogP contribution is 2.65. The maximum atomic E-state index is 5.69. The SMILES string of the molecule is [CH2]CC1C2CCC3(C2)OC13. The smallest absolute Gasteiger partial charge is 0.0954 e. The van der Waals surface area contributed by atoms with E-state index in [0.717, 1.165) is 18.3 Å². The van der Waals surface area contributed by atoms with Crippen LogP contribution in [-0.2, 0) is 4.74 Å². The van der Waals surface area contributed by atoms with Crippen molar-refractivity contribution in [3.63, 3.8) is 0 Å². The summed E-state index contributed by atoms with van der Waals surface area (Å²) in [5.74, 6) is 1.81. The Bertz CT molecular complexity index is 174. The van der Waals surface area contributed by atoms with Crippen LogP contribution in [0.3, 0.4) is 0 Å². The lowest BCUT2D eigenvalue weighted by Gasteiger charge is -2.16. The minimum atomic E-state index is 0.410. The molecule has 3 aliphatic rings. The van der Waals surface area contributed by atoms with E-state index in [0.29, 0.717) is 11.7 Å². The molecule has 3 rings (SSSR count). The number of ether oxygens (including phenoxy) is 1. The number of hydrogen-bond donors (Lipinski definition) is 0. The fourth-order valence-electron chi connectivity index (χ4n) is 3.14. The normalized spacial score (nSPS) is 62.7. The summed E-state index contributed by atoms with van der Waals surface area (Å²) in [6, 6.07) is 0. The molecule has 10 heavy (non-hydrogen) atoms. The van der Waals surface area contributed by atoms with E-state index in [9.17, 15) is 0 Å². The van der Waals surface area contributed by atoms with Gasteiger partial charge in [0.2, 0.25) is 0 Å². The van der Waals surface area contributed by atoms with Gasteiger partial charge in [-0.05, 0) is 37.5 Å². The van der Waals surface area contributed by atoms with Crippen LogP contribution in [0.2, 0.25) is 0 Å². The second kappa shape index (κ2) is 1.42. The van der Waals surface area contributed by atoms with Crippen LogP contribution in [0.1, 0.15) is 25.7 Å². The Labute approximate surface area is 61.8 Å². The van der Waals surface area contributed by atoms with E-state index in [1.54, 1.807) is 0 Å². The van der Waals surface area contributed by atoms with Crippen molar-refractivity contribution in [2.75, 3.05) is 0 Å². The molecule has 0 N–H and O–H groups in total. The third-order valence-electron chi connectivity index (χ3n) is 3.70. The number of fused-ring (bicyclic) bond motifs is 1. The standard InChI is InChI=1S/C9H13O/c1-2-7-6-3-4-9(5-6)8(7)10-9/h6-8H,1-5H2. The van der Waals surface area contributed by atoms with E-state index in [4.69, 9.17) is 4.74 Å². The van der Waals surface area contributed by atoms with Gasteiger partial charge in [-0.1, -0.05) is 6.92 Å². The van der Waals surface area contributed by atoms with Gasteiger partial charge < -0.3 is 4.74 Å². The average molecular weight is 137 g/mol. The summed E-state index contributed by atoms with van der Waals surface area (Å²) in [6.07, 6.45) is 5.86. The van der Waals surface area contributed by atoms with Gasteiger partial charge >= 0.3 is 0 Å². The van der Waals surface area contributed by atoms with Gasteiger partial charge in [-0.15, -0.1) is 0 Å². The lowest BCUT2D eigenvalue weighted by molar-refractivity contribution is 0.209. The topological polar surface area (TPSA) is 12.5 Å². The first kappa shape index (κ1) is 5.59. The van der Waals surface area contributed by atoms with Crippen LogP contribution in [0.5, 0.6) is 0 Å². The molecule has 2 aliphatic carbocycles. The fraction of sp³-hybridized carbons (Fsp3) is 0.889. The molecule has 55 valence electrons. The highest BCUT2D eigenvalue weighted by molar-refractivity contribution is 5.18. The second-order valence-corrected chi connectivity index (χ2v) is 4.06. The Hall–Kier alpha value is -0.0400. The molecule has 1 aliphatic heterocycles.